The van der Waals surface area contributed by atoms with Gasteiger partial charge in [-0.15, -0.1) is 0 Å². The number of carbonyl (C=O) groups excluding carboxylic acids is 1. The van der Waals surface area contributed by atoms with Crippen LogP contribution in [0.25, 0.3) is 0 Å². The molecule has 0 N–H and O–H groups in total. The third kappa shape index (κ3) is 1.97. The van der Waals surface area contributed by atoms with Crippen LogP contribution >= 0.6 is 0 Å². The minimum atomic E-state index is 0.211. The first-order valence-corrected chi connectivity index (χ1v) is 6.84. The van der Waals surface area contributed by atoms with Gasteiger partial charge in [-0.25, -0.2) is 0 Å². The fraction of sp³-hybridized carbons (Fsp3) is 0.600. The van der Waals surface area contributed by atoms with Crippen LogP contribution in [0, 0.1) is 12.8 Å². The predicted molar refractivity (Wildman–Crippen MR) is 70.6 cm³/mol. The van der Waals surface area contributed by atoms with E-state index in [-0.39, 0.29) is 5.92 Å². The van der Waals surface area contributed by atoms with Crippen molar-refractivity contribution in [3.63, 3.8) is 0 Å². The van der Waals surface area contributed by atoms with Gasteiger partial charge in [0.05, 0.1) is 0 Å². The van der Waals surface area contributed by atoms with Gasteiger partial charge in [0.2, 0.25) is 0 Å². The molecule has 3 nitrogen and oxygen atoms in total. The fourth-order valence-corrected chi connectivity index (χ4v) is 3.47. The Bertz CT molecular complexity index is 440. The Morgan fingerprint density at radius 3 is 2.50 bits per heavy atom. The highest BCUT2D eigenvalue weighted by molar-refractivity contribution is 5.97. The van der Waals surface area contributed by atoms with E-state index in [1.807, 2.05) is 19.1 Å². The van der Waals surface area contributed by atoms with Crippen LogP contribution in [0.15, 0.2) is 18.3 Å². The molecule has 18 heavy (non-hydrogen) atoms. The predicted octanol–water partition coefficient (Wildman–Crippen LogP) is 2.45. The molecule has 2 unspecified atom stereocenters. The van der Waals surface area contributed by atoms with E-state index in [9.17, 15) is 4.79 Å². The molecule has 0 aromatic carbocycles. The first-order chi connectivity index (χ1) is 8.65. The van der Waals surface area contributed by atoms with Gasteiger partial charge >= 0.3 is 0 Å². The number of ketones is 1. The lowest BCUT2D eigenvalue weighted by Crippen LogP contribution is -2.42. The molecule has 2 aliphatic rings. The summed E-state index contributed by atoms with van der Waals surface area (Å²) in [5, 5.41) is 0. The maximum absolute atomic E-state index is 12.5. The van der Waals surface area contributed by atoms with E-state index >= 15 is 0 Å². The Hall–Kier alpha value is -1.22. The minimum absolute atomic E-state index is 0.211. The first kappa shape index (κ1) is 11.8. The molecule has 1 aromatic heterocycles. The van der Waals surface area contributed by atoms with Gasteiger partial charge < -0.3 is 4.90 Å². The summed E-state index contributed by atoms with van der Waals surface area (Å²) in [6.07, 6.45) is 6.31. The maximum atomic E-state index is 12.5. The Labute approximate surface area is 108 Å². The van der Waals surface area contributed by atoms with Crippen LogP contribution in [0.1, 0.15) is 41.7 Å². The highest BCUT2D eigenvalue weighted by Crippen LogP contribution is 2.38. The second-order valence-corrected chi connectivity index (χ2v) is 5.77. The Balaban J connectivity index is 1.76. The van der Waals surface area contributed by atoms with Gasteiger partial charge in [-0.2, -0.15) is 0 Å². The number of nitrogens with zero attached hydrogens (tertiary/aromatic N) is 2. The molecule has 0 saturated carbocycles. The third-order valence-electron chi connectivity index (χ3n) is 4.66. The van der Waals surface area contributed by atoms with E-state index in [4.69, 9.17) is 0 Å². The van der Waals surface area contributed by atoms with E-state index < -0.39 is 0 Å². The van der Waals surface area contributed by atoms with Crippen LogP contribution in [0.2, 0.25) is 0 Å². The molecule has 0 radical (unpaired) electrons. The van der Waals surface area contributed by atoms with Gasteiger partial charge in [0, 0.05) is 35.5 Å². The van der Waals surface area contributed by atoms with Crippen molar-refractivity contribution >= 4 is 5.78 Å². The highest BCUT2D eigenvalue weighted by Gasteiger charge is 2.40. The van der Waals surface area contributed by atoms with Crippen molar-refractivity contribution in [3.05, 3.63) is 29.6 Å². The molecule has 2 aliphatic heterocycles. The van der Waals surface area contributed by atoms with Gasteiger partial charge in [0.25, 0.3) is 0 Å². The number of pyridine rings is 1. The van der Waals surface area contributed by atoms with Crippen molar-refractivity contribution in [1.82, 2.24) is 9.88 Å². The zero-order chi connectivity index (χ0) is 12.7. The minimum Gasteiger partial charge on any atom is -0.300 e. The lowest BCUT2D eigenvalue weighted by atomic mass is 9.85. The van der Waals surface area contributed by atoms with Crippen LogP contribution in [-0.2, 0) is 0 Å². The molecule has 2 atom stereocenters. The molecule has 2 saturated heterocycles. The van der Waals surface area contributed by atoms with Gasteiger partial charge in [0.1, 0.15) is 0 Å². The number of aryl methyl sites for hydroxylation is 1. The molecule has 0 spiro atoms. The van der Waals surface area contributed by atoms with Crippen molar-refractivity contribution in [2.75, 3.05) is 7.05 Å². The molecule has 0 aliphatic carbocycles. The van der Waals surface area contributed by atoms with Crippen LogP contribution in [-0.4, -0.2) is 34.8 Å². The summed E-state index contributed by atoms with van der Waals surface area (Å²) in [5.41, 5.74) is 1.75. The lowest BCUT2D eigenvalue weighted by Gasteiger charge is -2.35. The van der Waals surface area contributed by atoms with Crippen LogP contribution < -0.4 is 0 Å². The van der Waals surface area contributed by atoms with Crippen molar-refractivity contribution in [1.29, 1.82) is 0 Å². The molecule has 96 valence electrons. The summed E-state index contributed by atoms with van der Waals surface area (Å²) in [6, 6.07) is 5.09. The Morgan fingerprint density at radius 2 is 1.94 bits per heavy atom. The number of hydrogen-bond acceptors (Lipinski definition) is 3. The molecule has 3 rings (SSSR count). The standard InChI is InChI=1S/C15H20N2O/c1-10-3-4-11(9-16-10)15(18)12-7-13-5-6-14(8-12)17(13)2/h3-4,9,12-14H,5-8H2,1-2H3. The number of fused-ring (bicyclic) bond motifs is 2. The van der Waals surface area contributed by atoms with E-state index in [0.29, 0.717) is 17.9 Å². The molecular formula is C15H20N2O. The second-order valence-electron chi connectivity index (χ2n) is 5.77. The van der Waals surface area contributed by atoms with Gasteiger partial charge in [-0.05, 0) is 51.8 Å². The number of carbonyl (C=O) groups is 1. The fourth-order valence-electron chi connectivity index (χ4n) is 3.47. The highest BCUT2D eigenvalue weighted by atomic mass is 16.1. The average molecular weight is 244 g/mol. The summed E-state index contributed by atoms with van der Waals surface area (Å²) in [6.45, 7) is 1.95. The summed E-state index contributed by atoms with van der Waals surface area (Å²) >= 11 is 0. The number of piperidine rings is 1. The van der Waals surface area contributed by atoms with Gasteiger partial charge in [-0.3, -0.25) is 9.78 Å². The van der Waals surface area contributed by atoms with Crippen LogP contribution in [0.4, 0.5) is 0 Å². The lowest BCUT2D eigenvalue weighted by molar-refractivity contribution is 0.0767. The molecule has 1 aromatic rings. The van der Waals surface area contributed by atoms with Crippen LogP contribution in [0.3, 0.4) is 0 Å². The largest absolute Gasteiger partial charge is 0.300 e. The van der Waals surface area contributed by atoms with Crippen molar-refractivity contribution in [2.45, 2.75) is 44.7 Å². The molecule has 2 bridgehead atoms. The zero-order valence-electron chi connectivity index (χ0n) is 11.1. The number of hydrogen-bond donors (Lipinski definition) is 0. The summed E-state index contributed by atoms with van der Waals surface area (Å²) in [7, 11) is 2.20. The number of Topliss-reactive ketones (excluding diaryl/α,β-unsaturated/α-hetero) is 1. The third-order valence-corrected chi connectivity index (χ3v) is 4.66. The quantitative estimate of drug-likeness (QED) is 0.749. The van der Waals surface area contributed by atoms with E-state index in [0.717, 1.165) is 24.1 Å². The monoisotopic (exact) mass is 244 g/mol. The number of rotatable bonds is 2. The molecule has 3 heterocycles. The Morgan fingerprint density at radius 1 is 1.28 bits per heavy atom. The SMILES string of the molecule is Cc1ccc(C(=O)C2CC3CCC(C2)N3C)cn1. The zero-order valence-corrected chi connectivity index (χ0v) is 11.1. The second kappa shape index (κ2) is 4.47. The van der Waals surface area contributed by atoms with Crippen LogP contribution in [0.5, 0.6) is 0 Å². The van der Waals surface area contributed by atoms with E-state index in [2.05, 4.69) is 16.9 Å². The average Bonchev–Trinajstić information content (AvgIpc) is 2.62. The Kier molecular flexibility index (Phi) is 2.94. The molecule has 0 amide bonds. The maximum Gasteiger partial charge on any atom is 0.167 e. The van der Waals surface area contributed by atoms with E-state index in [1.54, 1.807) is 6.20 Å². The molecule has 2 fully saturated rings. The number of aromatic nitrogens is 1. The molecular weight excluding hydrogens is 224 g/mol. The van der Waals surface area contributed by atoms with Gasteiger partial charge in [0.15, 0.2) is 5.78 Å². The normalized spacial score (nSPS) is 31.6. The van der Waals surface area contributed by atoms with Crippen molar-refractivity contribution in [3.8, 4) is 0 Å². The van der Waals surface area contributed by atoms with Gasteiger partial charge in [-0.1, -0.05) is 0 Å². The topological polar surface area (TPSA) is 33.2 Å². The summed E-state index contributed by atoms with van der Waals surface area (Å²) in [4.78, 5) is 19.2. The summed E-state index contributed by atoms with van der Waals surface area (Å²) < 4.78 is 0. The van der Waals surface area contributed by atoms with Crippen molar-refractivity contribution < 1.29 is 4.79 Å². The molecule has 3 heteroatoms. The van der Waals surface area contributed by atoms with Crippen molar-refractivity contribution in [2.24, 2.45) is 5.92 Å². The van der Waals surface area contributed by atoms with E-state index in [1.165, 1.54) is 12.8 Å². The smallest absolute Gasteiger partial charge is 0.167 e. The summed E-state index contributed by atoms with van der Waals surface area (Å²) in [5.74, 6) is 0.510. The first-order valence-electron chi connectivity index (χ1n) is 6.84.